The number of hydrogen-bond acceptors (Lipinski definition) is 5. The van der Waals surface area contributed by atoms with Crippen molar-refractivity contribution in [3.05, 3.63) is 35.7 Å². The van der Waals surface area contributed by atoms with Crippen molar-refractivity contribution in [1.82, 2.24) is 15.0 Å². The van der Waals surface area contributed by atoms with Gasteiger partial charge < -0.3 is 15.2 Å². The van der Waals surface area contributed by atoms with Gasteiger partial charge in [-0.15, -0.1) is 0 Å². The largest absolute Gasteiger partial charge is 0.334 e. The summed E-state index contributed by atoms with van der Waals surface area (Å²) in [5.74, 6) is 1.83. The molecule has 1 aromatic carbocycles. The molecular formula is C17H20N4O2. The lowest BCUT2D eigenvalue weighted by atomic mass is 10.1. The third-order valence-electron chi connectivity index (χ3n) is 4.67. The maximum absolute atomic E-state index is 12.6. The molecule has 1 saturated heterocycles. The second kappa shape index (κ2) is 5.77. The Kier molecular flexibility index (Phi) is 3.61. The molecule has 1 aliphatic heterocycles. The van der Waals surface area contributed by atoms with E-state index in [0.717, 1.165) is 43.6 Å². The van der Waals surface area contributed by atoms with Crippen LogP contribution in [-0.4, -0.2) is 40.1 Å². The van der Waals surface area contributed by atoms with Crippen molar-refractivity contribution in [2.75, 3.05) is 13.1 Å². The van der Waals surface area contributed by atoms with E-state index in [9.17, 15) is 4.79 Å². The van der Waals surface area contributed by atoms with E-state index in [1.54, 1.807) is 0 Å². The Labute approximate surface area is 134 Å². The number of aromatic nitrogens is 2. The molecule has 0 spiro atoms. The maximum Gasteiger partial charge on any atom is 0.257 e. The minimum atomic E-state index is 0.0497. The lowest BCUT2D eigenvalue weighted by Gasteiger charge is -2.23. The van der Waals surface area contributed by atoms with Crippen LogP contribution >= 0.6 is 0 Å². The van der Waals surface area contributed by atoms with Crippen molar-refractivity contribution >= 4 is 5.91 Å². The molecule has 6 heteroatoms. The van der Waals surface area contributed by atoms with E-state index < -0.39 is 0 Å². The fraction of sp³-hybridized carbons (Fsp3) is 0.471. The first-order valence-electron chi connectivity index (χ1n) is 8.21. The fourth-order valence-corrected chi connectivity index (χ4v) is 3.13. The van der Waals surface area contributed by atoms with Gasteiger partial charge >= 0.3 is 0 Å². The molecule has 2 aliphatic rings. The molecule has 2 aromatic rings. The highest BCUT2D eigenvalue weighted by Crippen LogP contribution is 2.38. The zero-order valence-electron chi connectivity index (χ0n) is 12.9. The third-order valence-corrected chi connectivity index (χ3v) is 4.67. The molecule has 1 unspecified atom stereocenters. The Morgan fingerprint density at radius 1 is 1.26 bits per heavy atom. The second-order valence-electron chi connectivity index (χ2n) is 6.34. The number of likely N-dealkylation sites (tertiary alicyclic amines) is 1. The minimum Gasteiger partial charge on any atom is -0.334 e. The quantitative estimate of drug-likeness (QED) is 0.935. The van der Waals surface area contributed by atoms with Crippen LogP contribution < -0.4 is 5.73 Å². The smallest absolute Gasteiger partial charge is 0.257 e. The lowest BCUT2D eigenvalue weighted by molar-refractivity contribution is 0.0741. The van der Waals surface area contributed by atoms with E-state index in [4.69, 9.17) is 10.3 Å². The Balaban J connectivity index is 1.51. The molecule has 2 N–H and O–H groups in total. The van der Waals surface area contributed by atoms with E-state index in [-0.39, 0.29) is 11.9 Å². The summed E-state index contributed by atoms with van der Waals surface area (Å²) >= 11 is 0. The van der Waals surface area contributed by atoms with Gasteiger partial charge in [-0.05, 0) is 49.9 Å². The van der Waals surface area contributed by atoms with Crippen LogP contribution in [0.4, 0.5) is 0 Å². The SMILES string of the molecule is NCC1CCCN1C(=O)c1ccc(-c2nc(C3CC3)no2)cc1. The Bertz CT molecular complexity index is 706. The first kappa shape index (κ1) is 14.4. The molecule has 120 valence electrons. The Hall–Kier alpha value is -2.21. The van der Waals surface area contributed by atoms with Crippen molar-refractivity contribution in [1.29, 1.82) is 0 Å². The lowest BCUT2D eigenvalue weighted by Crippen LogP contribution is -2.39. The van der Waals surface area contributed by atoms with Crippen LogP contribution in [0.25, 0.3) is 11.5 Å². The normalized spacial score (nSPS) is 20.9. The van der Waals surface area contributed by atoms with Crippen LogP contribution in [0.5, 0.6) is 0 Å². The van der Waals surface area contributed by atoms with Crippen molar-refractivity contribution in [2.24, 2.45) is 5.73 Å². The Morgan fingerprint density at radius 3 is 2.74 bits per heavy atom. The summed E-state index contributed by atoms with van der Waals surface area (Å²) in [5.41, 5.74) is 7.27. The average molecular weight is 312 g/mol. The fourth-order valence-electron chi connectivity index (χ4n) is 3.13. The van der Waals surface area contributed by atoms with Gasteiger partial charge in [-0.25, -0.2) is 0 Å². The van der Waals surface area contributed by atoms with Crippen LogP contribution in [0.2, 0.25) is 0 Å². The number of amides is 1. The summed E-state index contributed by atoms with van der Waals surface area (Å²) in [4.78, 5) is 18.9. The average Bonchev–Trinajstić information content (AvgIpc) is 3.14. The van der Waals surface area contributed by atoms with E-state index in [1.165, 1.54) is 0 Å². The summed E-state index contributed by atoms with van der Waals surface area (Å²) in [6.07, 6.45) is 4.30. The van der Waals surface area contributed by atoms with Crippen molar-refractivity contribution in [3.8, 4) is 11.5 Å². The Morgan fingerprint density at radius 2 is 2.04 bits per heavy atom. The van der Waals surface area contributed by atoms with Gasteiger partial charge in [0, 0.05) is 36.2 Å². The van der Waals surface area contributed by atoms with Crippen LogP contribution in [0.3, 0.4) is 0 Å². The van der Waals surface area contributed by atoms with E-state index in [1.807, 2.05) is 29.2 Å². The van der Waals surface area contributed by atoms with Crippen molar-refractivity contribution < 1.29 is 9.32 Å². The molecule has 1 saturated carbocycles. The van der Waals surface area contributed by atoms with Gasteiger partial charge in [0.05, 0.1) is 0 Å². The number of nitrogens with two attached hydrogens (primary N) is 1. The van der Waals surface area contributed by atoms with Gasteiger partial charge in [-0.2, -0.15) is 4.98 Å². The number of hydrogen-bond donors (Lipinski definition) is 1. The molecule has 0 radical (unpaired) electrons. The van der Waals surface area contributed by atoms with Gasteiger partial charge in [0.25, 0.3) is 11.8 Å². The summed E-state index contributed by atoms with van der Waals surface area (Å²) in [6.45, 7) is 1.31. The van der Waals surface area contributed by atoms with Crippen molar-refractivity contribution in [2.45, 2.75) is 37.6 Å². The minimum absolute atomic E-state index is 0.0497. The van der Waals surface area contributed by atoms with Crippen LogP contribution in [-0.2, 0) is 0 Å². The summed E-state index contributed by atoms with van der Waals surface area (Å²) in [6, 6.07) is 7.55. The van der Waals surface area contributed by atoms with Crippen molar-refractivity contribution in [3.63, 3.8) is 0 Å². The predicted molar refractivity (Wildman–Crippen MR) is 84.8 cm³/mol. The molecule has 6 nitrogen and oxygen atoms in total. The first-order valence-corrected chi connectivity index (χ1v) is 8.21. The number of rotatable bonds is 4. The molecule has 1 aromatic heterocycles. The highest BCUT2D eigenvalue weighted by molar-refractivity contribution is 5.95. The first-order chi connectivity index (χ1) is 11.3. The third kappa shape index (κ3) is 2.74. The van der Waals surface area contributed by atoms with Crippen LogP contribution in [0.15, 0.2) is 28.8 Å². The topological polar surface area (TPSA) is 85.2 Å². The highest BCUT2D eigenvalue weighted by Gasteiger charge is 2.30. The molecule has 1 amide bonds. The standard InChI is InChI=1S/C17H20N4O2/c18-10-14-2-1-9-21(14)17(22)13-7-5-12(6-8-13)16-19-15(20-23-16)11-3-4-11/h5-8,11,14H,1-4,9-10,18H2. The molecule has 2 fully saturated rings. The number of benzene rings is 1. The molecule has 23 heavy (non-hydrogen) atoms. The zero-order valence-corrected chi connectivity index (χ0v) is 12.9. The summed E-state index contributed by atoms with van der Waals surface area (Å²) < 4.78 is 5.31. The van der Waals surface area contributed by atoms with E-state index in [2.05, 4.69) is 10.1 Å². The number of nitrogens with zero attached hydrogens (tertiary/aromatic N) is 3. The molecule has 1 atom stereocenters. The molecular weight excluding hydrogens is 292 g/mol. The highest BCUT2D eigenvalue weighted by atomic mass is 16.5. The predicted octanol–water partition coefficient (Wildman–Crippen LogP) is 2.18. The summed E-state index contributed by atoms with van der Waals surface area (Å²) in [7, 11) is 0. The maximum atomic E-state index is 12.6. The van der Waals surface area contributed by atoms with Gasteiger partial charge in [0.15, 0.2) is 5.82 Å². The molecule has 2 heterocycles. The summed E-state index contributed by atoms with van der Waals surface area (Å²) in [5, 5.41) is 4.02. The van der Waals surface area contributed by atoms with E-state index >= 15 is 0 Å². The number of carbonyl (C=O) groups excluding carboxylic acids is 1. The molecule has 0 bridgehead atoms. The van der Waals surface area contributed by atoms with Crippen LogP contribution in [0.1, 0.15) is 47.8 Å². The molecule has 1 aliphatic carbocycles. The van der Waals surface area contributed by atoms with E-state index in [0.29, 0.717) is 23.9 Å². The van der Waals surface area contributed by atoms with Crippen LogP contribution in [0, 0.1) is 0 Å². The van der Waals surface area contributed by atoms with Gasteiger partial charge in [-0.1, -0.05) is 5.16 Å². The van der Waals surface area contributed by atoms with Gasteiger partial charge in [-0.3, -0.25) is 4.79 Å². The second-order valence-corrected chi connectivity index (χ2v) is 6.34. The monoisotopic (exact) mass is 312 g/mol. The number of carbonyl (C=O) groups is 1. The molecule has 4 rings (SSSR count). The zero-order chi connectivity index (χ0) is 15.8. The van der Waals surface area contributed by atoms with Gasteiger partial charge in [0.1, 0.15) is 0 Å². The van der Waals surface area contributed by atoms with Gasteiger partial charge in [0.2, 0.25) is 0 Å².